The lowest BCUT2D eigenvalue weighted by Crippen LogP contribution is -2.30. The van der Waals surface area contributed by atoms with E-state index in [1.54, 1.807) is 24.3 Å². The summed E-state index contributed by atoms with van der Waals surface area (Å²) in [5.74, 6) is -0.711. The van der Waals surface area contributed by atoms with Crippen LogP contribution in [0.5, 0.6) is 11.5 Å². The number of carbonyl (C=O) groups excluding carboxylic acids is 2. The molecule has 1 atom stereocenters. The second-order valence-corrected chi connectivity index (χ2v) is 7.20. The van der Waals surface area contributed by atoms with E-state index in [0.717, 1.165) is 11.3 Å². The Kier molecular flexibility index (Phi) is 5.08. The number of nitrogens with zero attached hydrogens (tertiary/aromatic N) is 1. The first-order valence-electron chi connectivity index (χ1n) is 9.62. The molecule has 1 unspecified atom stereocenters. The largest absolute Gasteiger partial charge is 0.504 e. The highest BCUT2D eigenvalue weighted by molar-refractivity contribution is 6.08. The Balaban J connectivity index is 1.40. The predicted octanol–water partition coefficient (Wildman–Crippen LogP) is 2.98. The van der Waals surface area contributed by atoms with Crippen LogP contribution < -0.4 is 5.32 Å². The van der Waals surface area contributed by atoms with Gasteiger partial charge < -0.3 is 20.1 Å². The van der Waals surface area contributed by atoms with Crippen LogP contribution in [0.4, 0.5) is 0 Å². The van der Waals surface area contributed by atoms with Gasteiger partial charge in [-0.05, 0) is 42.7 Å². The maximum Gasteiger partial charge on any atom is 0.229 e. The van der Waals surface area contributed by atoms with E-state index in [4.69, 9.17) is 0 Å². The molecular formula is C23H22N2O4. The number of fused-ring (bicyclic) bond motifs is 1. The van der Waals surface area contributed by atoms with Gasteiger partial charge in [-0.1, -0.05) is 36.4 Å². The molecule has 2 heterocycles. The maximum absolute atomic E-state index is 12.8. The molecule has 0 spiro atoms. The Bertz CT molecular complexity index is 1060. The molecule has 1 amide bonds. The van der Waals surface area contributed by atoms with Crippen LogP contribution in [0.15, 0.2) is 60.7 Å². The van der Waals surface area contributed by atoms with Crippen LogP contribution in [0.2, 0.25) is 0 Å². The van der Waals surface area contributed by atoms with Crippen molar-refractivity contribution in [3.05, 3.63) is 83.2 Å². The summed E-state index contributed by atoms with van der Waals surface area (Å²) in [6.07, 6.45) is 1.21. The molecule has 3 aromatic rings. The summed E-state index contributed by atoms with van der Waals surface area (Å²) in [4.78, 5) is 25.4. The molecule has 6 nitrogen and oxygen atoms in total. The second-order valence-electron chi connectivity index (χ2n) is 7.20. The van der Waals surface area contributed by atoms with Crippen molar-refractivity contribution in [2.45, 2.75) is 25.3 Å². The number of aromatic nitrogens is 1. The quantitative estimate of drug-likeness (QED) is 0.446. The fraction of sp³-hybridized carbons (Fsp3) is 0.217. The number of carbonyl (C=O) groups is 2. The number of phenols is 2. The molecule has 1 aromatic heterocycles. The zero-order valence-corrected chi connectivity index (χ0v) is 15.8. The van der Waals surface area contributed by atoms with E-state index in [9.17, 15) is 19.8 Å². The third-order valence-corrected chi connectivity index (χ3v) is 5.35. The van der Waals surface area contributed by atoms with Crippen molar-refractivity contribution in [2.24, 2.45) is 0 Å². The average molecular weight is 390 g/mol. The number of hydrogen-bond acceptors (Lipinski definition) is 4. The van der Waals surface area contributed by atoms with Gasteiger partial charge in [-0.2, -0.15) is 0 Å². The molecular weight excluding hydrogens is 368 g/mol. The predicted molar refractivity (Wildman–Crippen MR) is 108 cm³/mol. The fourth-order valence-electron chi connectivity index (χ4n) is 3.82. The molecule has 0 aliphatic carbocycles. The van der Waals surface area contributed by atoms with Crippen LogP contribution in [0.25, 0.3) is 0 Å². The van der Waals surface area contributed by atoms with E-state index in [0.29, 0.717) is 37.2 Å². The Morgan fingerprint density at radius 2 is 1.79 bits per heavy atom. The van der Waals surface area contributed by atoms with Crippen LogP contribution >= 0.6 is 0 Å². The van der Waals surface area contributed by atoms with Crippen molar-refractivity contribution in [1.29, 1.82) is 0 Å². The van der Waals surface area contributed by atoms with Crippen molar-refractivity contribution < 1.29 is 19.8 Å². The minimum absolute atomic E-state index is 0.0370. The molecule has 148 valence electrons. The summed E-state index contributed by atoms with van der Waals surface area (Å²) in [5.41, 5.74) is 2.94. The number of phenolic OH excluding ortho intramolecular Hbond substituents is 2. The van der Waals surface area contributed by atoms with Crippen molar-refractivity contribution in [3.63, 3.8) is 0 Å². The Labute approximate surface area is 168 Å². The first kappa shape index (κ1) is 18.8. The monoisotopic (exact) mass is 390 g/mol. The van der Waals surface area contributed by atoms with Gasteiger partial charge in [0, 0.05) is 24.3 Å². The van der Waals surface area contributed by atoms with Gasteiger partial charge in [0.2, 0.25) is 11.7 Å². The van der Waals surface area contributed by atoms with Gasteiger partial charge in [0.15, 0.2) is 11.5 Å². The lowest BCUT2D eigenvalue weighted by Gasteiger charge is -2.11. The summed E-state index contributed by atoms with van der Waals surface area (Å²) < 4.78 is 1.94. The Morgan fingerprint density at radius 1 is 1.00 bits per heavy atom. The summed E-state index contributed by atoms with van der Waals surface area (Å²) >= 11 is 0. The van der Waals surface area contributed by atoms with Gasteiger partial charge in [-0.3, -0.25) is 9.59 Å². The Morgan fingerprint density at radius 3 is 2.55 bits per heavy atom. The van der Waals surface area contributed by atoms with Crippen molar-refractivity contribution in [3.8, 4) is 11.5 Å². The lowest BCUT2D eigenvalue weighted by atomic mass is 10.0. The van der Waals surface area contributed by atoms with Gasteiger partial charge in [0.1, 0.15) is 0 Å². The first-order chi connectivity index (χ1) is 14.0. The van der Waals surface area contributed by atoms with E-state index in [1.807, 2.05) is 28.8 Å². The first-order valence-corrected chi connectivity index (χ1v) is 9.62. The lowest BCUT2D eigenvalue weighted by molar-refractivity contribution is -0.122. The molecule has 6 heteroatoms. The smallest absolute Gasteiger partial charge is 0.229 e. The van der Waals surface area contributed by atoms with Gasteiger partial charge in [-0.15, -0.1) is 0 Å². The Hall–Kier alpha value is -3.54. The highest BCUT2D eigenvalue weighted by Gasteiger charge is 2.31. The van der Waals surface area contributed by atoms with Crippen LogP contribution in [-0.4, -0.2) is 33.0 Å². The number of hydrogen-bond donors (Lipinski definition) is 3. The summed E-state index contributed by atoms with van der Waals surface area (Å²) in [5, 5.41) is 21.9. The molecule has 1 aliphatic rings. The minimum Gasteiger partial charge on any atom is -0.504 e. The van der Waals surface area contributed by atoms with E-state index >= 15 is 0 Å². The SMILES string of the molecule is O=C(c1ccccc1)c1ccc2n1CCC2C(=O)NCCc1ccc(O)c(O)c1. The van der Waals surface area contributed by atoms with Crippen LogP contribution in [0.3, 0.4) is 0 Å². The zero-order chi connectivity index (χ0) is 20.4. The van der Waals surface area contributed by atoms with Crippen LogP contribution in [0.1, 0.15) is 39.6 Å². The molecule has 2 aromatic carbocycles. The number of nitrogens with one attached hydrogen (secondary N) is 1. The molecule has 4 rings (SSSR count). The summed E-state index contributed by atoms with van der Waals surface area (Å²) in [7, 11) is 0. The topological polar surface area (TPSA) is 91.6 Å². The van der Waals surface area contributed by atoms with E-state index in [1.165, 1.54) is 12.1 Å². The number of aromatic hydroxyl groups is 2. The summed E-state index contributed by atoms with van der Waals surface area (Å²) in [6, 6.07) is 17.4. The number of ketones is 1. The standard InChI is InChI=1S/C23H22N2O4/c26-20-9-6-15(14-21(20)27)10-12-24-23(29)17-11-13-25-18(17)7-8-19(25)22(28)16-4-2-1-3-5-16/h1-9,14,17,26-27H,10-13H2,(H,24,29). The fourth-order valence-corrected chi connectivity index (χ4v) is 3.82. The second kappa shape index (κ2) is 7.83. The third kappa shape index (κ3) is 3.74. The van der Waals surface area contributed by atoms with E-state index in [-0.39, 0.29) is 29.1 Å². The third-order valence-electron chi connectivity index (χ3n) is 5.35. The molecule has 29 heavy (non-hydrogen) atoms. The molecule has 0 saturated heterocycles. The number of rotatable bonds is 6. The molecule has 3 N–H and O–H groups in total. The van der Waals surface area contributed by atoms with Gasteiger partial charge >= 0.3 is 0 Å². The number of benzene rings is 2. The minimum atomic E-state index is -0.277. The maximum atomic E-state index is 12.8. The molecule has 0 saturated carbocycles. The number of amides is 1. The van der Waals surface area contributed by atoms with E-state index in [2.05, 4.69) is 5.32 Å². The van der Waals surface area contributed by atoms with E-state index < -0.39 is 0 Å². The van der Waals surface area contributed by atoms with Gasteiger partial charge in [-0.25, -0.2) is 0 Å². The molecule has 0 fully saturated rings. The van der Waals surface area contributed by atoms with Crippen molar-refractivity contribution in [2.75, 3.05) is 6.54 Å². The van der Waals surface area contributed by atoms with Crippen molar-refractivity contribution >= 4 is 11.7 Å². The average Bonchev–Trinajstić information content (AvgIpc) is 3.33. The normalized spacial score (nSPS) is 15.1. The molecule has 1 aliphatic heterocycles. The van der Waals surface area contributed by atoms with Crippen LogP contribution in [-0.2, 0) is 17.8 Å². The van der Waals surface area contributed by atoms with Crippen molar-refractivity contribution in [1.82, 2.24) is 9.88 Å². The van der Waals surface area contributed by atoms with Gasteiger partial charge in [0.05, 0.1) is 11.6 Å². The highest BCUT2D eigenvalue weighted by atomic mass is 16.3. The highest BCUT2D eigenvalue weighted by Crippen LogP contribution is 2.31. The zero-order valence-electron chi connectivity index (χ0n) is 15.8. The molecule has 0 radical (unpaired) electrons. The summed E-state index contributed by atoms with van der Waals surface area (Å²) in [6.45, 7) is 1.07. The van der Waals surface area contributed by atoms with Crippen LogP contribution in [0, 0.1) is 0 Å². The molecule has 0 bridgehead atoms. The van der Waals surface area contributed by atoms with Gasteiger partial charge in [0.25, 0.3) is 0 Å².